The normalized spacial score (nSPS) is 12.0. The lowest BCUT2D eigenvalue weighted by atomic mass is 10.0. The average molecular weight is 863 g/mol. The zero-order chi connectivity index (χ0) is 44.7. The van der Waals surface area contributed by atoms with E-state index in [0.29, 0.717) is 19.3 Å². The summed E-state index contributed by atoms with van der Waals surface area (Å²) in [6.07, 6.45) is 49.7. The predicted molar refractivity (Wildman–Crippen MR) is 261 cm³/mol. The highest BCUT2D eigenvalue weighted by atomic mass is 16.6. The van der Waals surface area contributed by atoms with Gasteiger partial charge < -0.3 is 14.2 Å². The number of esters is 3. The molecule has 0 amide bonds. The van der Waals surface area contributed by atoms with Crippen LogP contribution in [0.4, 0.5) is 0 Å². The molecule has 0 aromatic heterocycles. The van der Waals surface area contributed by atoms with Gasteiger partial charge in [-0.25, -0.2) is 0 Å². The van der Waals surface area contributed by atoms with Crippen molar-refractivity contribution in [2.75, 3.05) is 13.2 Å². The third-order valence-electron chi connectivity index (χ3n) is 12.5. The molecule has 0 unspecified atom stereocenters. The van der Waals surface area contributed by atoms with Gasteiger partial charge in [-0.3, -0.25) is 14.4 Å². The molecule has 6 heteroatoms. The van der Waals surface area contributed by atoms with E-state index in [2.05, 4.69) is 34.6 Å². The Morgan fingerprint density at radius 1 is 0.311 bits per heavy atom. The van der Waals surface area contributed by atoms with Gasteiger partial charge in [-0.2, -0.15) is 0 Å². The fourth-order valence-corrected chi connectivity index (χ4v) is 8.34. The van der Waals surface area contributed by atoms with E-state index >= 15 is 0 Å². The summed E-state index contributed by atoms with van der Waals surface area (Å²) >= 11 is 0. The van der Waals surface area contributed by atoms with E-state index in [9.17, 15) is 14.4 Å². The van der Waals surface area contributed by atoms with Crippen LogP contribution in [-0.2, 0) is 28.6 Å². The number of carbonyl (C=O) groups is 3. The second kappa shape index (κ2) is 47.9. The maximum atomic E-state index is 12.7. The number of unbranched alkanes of at least 4 members (excludes halogenated alkanes) is 34. The summed E-state index contributed by atoms with van der Waals surface area (Å²) < 4.78 is 16.8. The SMILES string of the molecule is CCCCCCCCCCCCCCCCCCCCCC(=O)OC[C@@H](COC(=O)CCCCCCCCCCCCCCC(C)C)OC(=O)CCCCCCCCC(C)C. The molecule has 362 valence electrons. The monoisotopic (exact) mass is 863 g/mol. The first kappa shape index (κ1) is 59.4. The van der Waals surface area contributed by atoms with Gasteiger partial charge in [0.15, 0.2) is 6.10 Å². The second-order valence-corrected chi connectivity index (χ2v) is 19.8. The summed E-state index contributed by atoms with van der Waals surface area (Å²) in [6, 6.07) is 0. The van der Waals surface area contributed by atoms with E-state index in [1.807, 2.05) is 0 Å². The largest absolute Gasteiger partial charge is 0.462 e. The molecule has 0 fully saturated rings. The summed E-state index contributed by atoms with van der Waals surface area (Å²) in [6.45, 7) is 11.3. The number of carbonyl (C=O) groups excluding carboxylic acids is 3. The Morgan fingerprint density at radius 3 is 0.803 bits per heavy atom. The topological polar surface area (TPSA) is 78.9 Å². The summed E-state index contributed by atoms with van der Waals surface area (Å²) in [5, 5.41) is 0. The van der Waals surface area contributed by atoms with Crippen LogP contribution in [0.2, 0.25) is 0 Å². The molecular weight excluding hydrogens is 757 g/mol. The van der Waals surface area contributed by atoms with E-state index in [1.54, 1.807) is 0 Å². The molecule has 0 spiro atoms. The maximum Gasteiger partial charge on any atom is 0.306 e. The Labute approximate surface area is 380 Å². The van der Waals surface area contributed by atoms with Crippen molar-refractivity contribution in [1.29, 1.82) is 0 Å². The van der Waals surface area contributed by atoms with Crippen molar-refractivity contribution in [2.24, 2.45) is 11.8 Å². The van der Waals surface area contributed by atoms with E-state index in [-0.39, 0.29) is 31.1 Å². The van der Waals surface area contributed by atoms with Crippen LogP contribution in [0.15, 0.2) is 0 Å². The molecular formula is C55H106O6. The van der Waals surface area contributed by atoms with Crippen LogP contribution in [0, 0.1) is 11.8 Å². The summed E-state index contributed by atoms with van der Waals surface area (Å²) in [5.41, 5.74) is 0. The molecule has 0 aliphatic carbocycles. The third-order valence-corrected chi connectivity index (χ3v) is 12.5. The van der Waals surface area contributed by atoms with Gasteiger partial charge in [-0.15, -0.1) is 0 Å². The Balaban J connectivity index is 4.20. The van der Waals surface area contributed by atoms with Crippen LogP contribution in [0.1, 0.15) is 304 Å². The first-order valence-corrected chi connectivity index (χ1v) is 27.2. The number of hydrogen-bond donors (Lipinski definition) is 0. The molecule has 0 heterocycles. The van der Waals surface area contributed by atoms with E-state index in [1.165, 1.54) is 193 Å². The molecule has 0 aromatic carbocycles. The summed E-state index contributed by atoms with van der Waals surface area (Å²) in [4.78, 5) is 37.9. The molecule has 0 rings (SSSR count). The second-order valence-electron chi connectivity index (χ2n) is 19.8. The van der Waals surface area contributed by atoms with Crippen molar-refractivity contribution < 1.29 is 28.6 Å². The highest BCUT2D eigenvalue weighted by Crippen LogP contribution is 2.18. The lowest BCUT2D eigenvalue weighted by Crippen LogP contribution is -2.30. The lowest BCUT2D eigenvalue weighted by molar-refractivity contribution is -0.167. The first-order valence-electron chi connectivity index (χ1n) is 27.2. The molecule has 0 aromatic rings. The van der Waals surface area contributed by atoms with Crippen molar-refractivity contribution in [3.05, 3.63) is 0 Å². The van der Waals surface area contributed by atoms with Crippen LogP contribution in [0.5, 0.6) is 0 Å². The van der Waals surface area contributed by atoms with Gasteiger partial charge >= 0.3 is 17.9 Å². The van der Waals surface area contributed by atoms with Gasteiger partial charge in [0.25, 0.3) is 0 Å². The van der Waals surface area contributed by atoms with Crippen molar-refractivity contribution in [1.82, 2.24) is 0 Å². The molecule has 1 atom stereocenters. The van der Waals surface area contributed by atoms with Crippen LogP contribution >= 0.6 is 0 Å². The average Bonchev–Trinajstić information content (AvgIpc) is 3.23. The zero-order valence-corrected chi connectivity index (χ0v) is 41.8. The number of rotatable bonds is 49. The quantitative estimate of drug-likeness (QED) is 0.0344. The smallest absolute Gasteiger partial charge is 0.306 e. The molecule has 0 aliphatic rings. The summed E-state index contributed by atoms with van der Waals surface area (Å²) in [7, 11) is 0. The van der Waals surface area contributed by atoms with Crippen molar-refractivity contribution in [3.8, 4) is 0 Å². The Morgan fingerprint density at radius 2 is 0.541 bits per heavy atom. The van der Waals surface area contributed by atoms with Crippen molar-refractivity contribution in [2.45, 2.75) is 310 Å². The minimum absolute atomic E-state index is 0.0645. The Bertz CT molecular complexity index is 931. The minimum Gasteiger partial charge on any atom is -0.462 e. The molecule has 0 saturated heterocycles. The zero-order valence-electron chi connectivity index (χ0n) is 41.8. The third kappa shape index (κ3) is 49.3. The van der Waals surface area contributed by atoms with Gasteiger partial charge in [0.05, 0.1) is 0 Å². The fraction of sp³-hybridized carbons (Fsp3) is 0.945. The van der Waals surface area contributed by atoms with Gasteiger partial charge in [0, 0.05) is 19.3 Å². The molecule has 0 radical (unpaired) electrons. The lowest BCUT2D eigenvalue weighted by Gasteiger charge is -2.18. The maximum absolute atomic E-state index is 12.7. The van der Waals surface area contributed by atoms with Crippen LogP contribution in [-0.4, -0.2) is 37.2 Å². The molecule has 6 nitrogen and oxygen atoms in total. The van der Waals surface area contributed by atoms with Crippen LogP contribution in [0.25, 0.3) is 0 Å². The van der Waals surface area contributed by atoms with Crippen LogP contribution in [0.3, 0.4) is 0 Å². The highest BCUT2D eigenvalue weighted by molar-refractivity contribution is 5.71. The van der Waals surface area contributed by atoms with Gasteiger partial charge in [0.1, 0.15) is 13.2 Å². The standard InChI is InChI=1S/C55H106O6/c1-6-7-8-9-10-11-12-13-14-15-16-17-18-19-23-26-29-35-40-45-53(56)59-48-52(61-55(58)47-42-37-32-31-34-39-44-51(4)5)49-60-54(57)46-41-36-30-27-24-21-20-22-25-28-33-38-43-50(2)3/h50-52H,6-49H2,1-5H3/t52-/m0/s1. The first-order chi connectivity index (χ1) is 29.7. The molecule has 0 bridgehead atoms. The van der Waals surface area contributed by atoms with Crippen molar-refractivity contribution >= 4 is 17.9 Å². The Hall–Kier alpha value is -1.59. The fourth-order valence-electron chi connectivity index (χ4n) is 8.34. The van der Waals surface area contributed by atoms with Crippen LogP contribution < -0.4 is 0 Å². The minimum atomic E-state index is -0.762. The number of hydrogen-bond acceptors (Lipinski definition) is 6. The Kier molecular flexibility index (Phi) is 46.6. The molecule has 61 heavy (non-hydrogen) atoms. The van der Waals surface area contributed by atoms with E-state index in [4.69, 9.17) is 14.2 Å². The molecule has 0 saturated carbocycles. The van der Waals surface area contributed by atoms with E-state index < -0.39 is 6.10 Å². The summed E-state index contributed by atoms with van der Waals surface area (Å²) in [5.74, 6) is 0.741. The van der Waals surface area contributed by atoms with Crippen molar-refractivity contribution in [3.63, 3.8) is 0 Å². The number of ether oxygens (including phenoxy) is 3. The highest BCUT2D eigenvalue weighted by Gasteiger charge is 2.19. The van der Waals surface area contributed by atoms with Gasteiger partial charge in [-0.05, 0) is 31.1 Å². The molecule has 0 aliphatic heterocycles. The predicted octanol–water partition coefficient (Wildman–Crippen LogP) is 17.7. The van der Waals surface area contributed by atoms with Gasteiger partial charge in [0.2, 0.25) is 0 Å². The molecule has 0 N–H and O–H groups in total. The van der Waals surface area contributed by atoms with E-state index in [0.717, 1.165) is 69.6 Å². The van der Waals surface area contributed by atoms with Gasteiger partial charge in [-0.1, -0.05) is 266 Å².